The van der Waals surface area contributed by atoms with Gasteiger partial charge in [-0.1, -0.05) is 0 Å². The molecule has 0 unspecified atom stereocenters. The summed E-state index contributed by atoms with van der Waals surface area (Å²) in [6.07, 6.45) is 6.74. The molecule has 2 aliphatic rings. The second-order valence-electron chi connectivity index (χ2n) is 10.2. The summed E-state index contributed by atoms with van der Waals surface area (Å²) in [4.78, 5) is 31.9. The van der Waals surface area contributed by atoms with E-state index in [0.29, 0.717) is 29.9 Å². The molecule has 1 saturated carbocycles. The number of anilines is 4. The first-order valence-electron chi connectivity index (χ1n) is 13.3. The lowest BCUT2D eigenvalue weighted by molar-refractivity contribution is 0.0752. The van der Waals surface area contributed by atoms with Crippen molar-refractivity contribution in [2.75, 3.05) is 30.8 Å². The number of piperidine rings is 1. The van der Waals surface area contributed by atoms with Crippen molar-refractivity contribution in [3.63, 3.8) is 0 Å². The van der Waals surface area contributed by atoms with Gasteiger partial charge in [-0.25, -0.2) is 9.37 Å². The van der Waals surface area contributed by atoms with E-state index in [9.17, 15) is 9.18 Å². The van der Waals surface area contributed by atoms with E-state index in [1.165, 1.54) is 28.2 Å². The lowest BCUT2D eigenvalue weighted by Crippen LogP contribution is -2.37. The van der Waals surface area contributed by atoms with Gasteiger partial charge in [0, 0.05) is 59.9 Å². The van der Waals surface area contributed by atoms with Crippen molar-refractivity contribution < 1.29 is 9.18 Å². The van der Waals surface area contributed by atoms with Gasteiger partial charge in [0.2, 0.25) is 5.95 Å². The average Bonchev–Trinajstić information content (AvgIpc) is 3.63. The van der Waals surface area contributed by atoms with Gasteiger partial charge in [0.15, 0.2) is 0 Å². The molecule has 1 amide bonds. The molecule has 0 spiro atoms. The highest BCUT2D eigenvalue weighted by atomic mass is 32.1. The van der Waals surface area contributed by atoms with E-state index < -0.39 is 0 Å². The fourth-order valence-electron chi connectivity index (χ4n) is 5.11. The van der Waals surface area contributed by atoms with Crippen LogP contribution in [0, 0.1) is 5.82 Å². The van der Waals surface area contributed by atoms with E-state index >= 15 is 0 Å². The van der Waals surface area contributed by atoms with Crippen LogP contribution in [0.5, 0.6) is 0 Å². The summed E-state index contributed by atoms with van der Waals surface area (Å²) in [7, 11) is 2.17. The molecular weight excluding hydrogens is 525 g/mol. The Labute approximate surface area is 236 Å². The SMILES string of the molecule is CN(Cc1cncs1)[C@@H]1CC1=C1CCCN(C(=O)c2ccc(Nc3nccc(Nc4ccc(F)cc4)n3)cc2)C1. The van der Waals surface area contributed by atoms with E-state index in [1.54, 1.807) is 35.7 Å². The molecule has 10 heteroatoms. The van der Waals surface area contributed by atoms with Crippen LogP contribution in [-0.4, -0.2) is 56.8 Å². The number of halogens is 1. The van der Waals surface area contributed by atoms with E-state index in [-0.39, 0.29) is 11.7 Å². The molecule has 1 saturated heterocycles. The third-order valence-electron chi connectivity index (χ3n) is 7.27. The Bertz CT molecular complexity index is 1510. The molecule has 2 N–H and O–H groups in total. The van der Waals surface area contributed by atoms with Crippen LogP contribution in [0.2, 0.25) is 0 Å². The first kappa shape index (κ1) is 26.1. The molecule has 8 nitrogen and oxygen atoms in total. The maximum Gasteiger partial charge on any atom is 0.254 e. The Balaban J connectivity index is 1.06. The van der Waals surface area contributed by atoms with Crippen LogP contribution in [0.25, 0.3) is 0 Å². The molecule has 0 bridgehead atoms. The molecule has 2 aromatic carbocycles. The monoisotopic (exact) mass is 555 g/mol. The highest BCUT2D eigenvalue weighted by Gasteiger charge is 2.37. The first-order valence-corrected chi connectivity index (χ1v) is 14.2. The fourth-order valence-corrected chi connectivity index (χ4v) is 5.77. The zero-order valence-corrected chi connectivity index (χ0v) is 23.0. The fraction of sp³-hybridized carbons (Fsp3) is 0.267. The summed E-state index contributed by atoms with van der Waals surface area (Å²) in [5, 5.41) is 6.32. The maximum absolute atomic E-state index is 13.3. The summed E-state index contributed by atoms with van der Waals surface area (Å²) in [5.41, 5.74) is 6.97. The first-order chi connectivity index (χ1) is 19.5. The van der Waals surface area contributed by atoms with Crippen LogP contribution in [0.1, 0.15) is 34.5 Å². The van der Waals surface area contributed by atoms with Gasteiger partial charge in [-0.3, -0.25) is 14.7 Å². The van der Waals surface area contributed by atoms with Gasteiger partial charge in [-0.05, 0) is 92.1 Å². The number of rotatable bonds is 8. The van der Waals surface area contributed by atoms with Crippen molar-refractivity contribution >= 4 is 40.4 Å². The van der Waals surface area contributed by atoms with Gasteiger partial charge in [-0.15, -0.1) is 11.3 Å². The Morgan fingerprint density at radius 2 is 1.88 bits per heavy atom. The maximum atomic E-state index is 13.3. The van der Waals surface area contributed by atoms with Gasteiger partial charge in [0.1, 0.15) is 11.6 Å². The van der Waals surface area contributed by atoms with Gasteiger partial charge >= 0.3 is 0 Å². The van der Waals surface area contributed by atoms with Crippen LogP contribution in [0.15, 0.2) is 83.6 Å². The van der Waals surface area contributed by atoms with Crippen molar-refractivity contribution in [1.29, 1.82) is 0 Å². The molecule has 1 aliphatic carbocycles. The normalized spacial score (nSPS) is 18.6. The number of carbonyl (C=O) groups excluding carboxylic acids is 1. The molecule has 1 aliphatic heterocycles. The highest BCUT2D eigenvalue weighted by molar-refractivity contribution is 7.09. The van der Waals surface area contributed by atoms with Crippen LogP contribution < -0.4 is 10.6 Å². The molecule has 2 aromatic heterocycles. The summed E-state index contributed by atoms with van der Waals surface area (Å²) in [6.45, 7) is 2.40. The third kappa shape index (κ3) is 6.19. The van der Waals surface area contributed by atoms with E-state index in [0.717, 1.165) is 43.7 Å². The van der Waals surface area contributed by atoms with Crippen LogP contribution in [0.4, 0.5) is 27.5 Å². The van der Waals surface area contributed by atoms with Crippen molar-refractivity contribution in [2.24, 2.45) is 0 Å². The van der Waals surface area contributed by atoms with E-state index in [4.69, 9.17) is 0 Å². The molecule has 1 atom stereocenters. The Hall–Kier alpha value is -4.15. The van der Waals surface area contributed by atoms with E-state index in [1.807, 2.05) is 40.9 Å². The Kier molecular flexibility index (Phi) is 7.52. The minimum atomic E-state index is -0.293. The zero-order valence-electron chi connectivity index (χ0n) is 22.2. The zero-order chi connectivity index (χ0) is 27.5. The van der Waals surface area contributed by atoms with Gasteiger partial charge < -0.3 is 15.5 Å². The van der Waals surface area contributed by atoms with Crippen LogP contribution in [0.3, 0.4) is 0 Å². The van der Waals surface area contributed by atoms with Gasteiger partial charge in [0.05, 0.1) is 5.51 Å². The van der Waals surface area contributed by atoms with Crippen LogP contribution in [-0.2, 0) is 6.54 Å². The average molecular weight is 556 g/mol. The minimum Gasteiger partial charge on any atom is -0.340 e. The molecule has 4 aromatic rings. The van der Waals surface area contributed by atoms with Crippen molar-refractivity contribution in [2.45, 2.75) is 31.8 Å². The quantitative estimate of drug-likeness (QED) is 0.258. The van der Waals surface area contributed by atoms with Gasteiger partial charge in [0.25, 0.3) is 5.91 Å². The predicted molar refractivity (Wildman–Crippen MR) is 156 cm³/mol. The third-order valence-corrected chi connectivity index (χ3v) is 8.03. The summed E-state index contributed by atoms with van der Waals surface area (Å²) < 4.78 is 13.2. The molecule has 204 valence electrons. The highest BCUT2D eigenvalue weighted by Crippen LogP contribution is 2.40. The number of hydrogen-bond acceptors (Lipinski definition) is 8. The standard InChI is InChI=1S/C30H30FN7OS/c1-37(18-25-16-32-19-40-25)27-15-26(27)21-3-2-14-38(17-21)29(39)20-4-8-24(9-5-20)35-30-33-13-12-28(36-30)34-23-10-6-22(31)7-11-23/h4-13,16,19,27H,2-3,14-15,17-18H2,1H3,(H2,33,34,35,36)/t27-/m1/s1. The Morgan fingerprint density at radius 3 is 2.65 bits per heavy atom. The molecule has 6 rings (SSSR count). The number of carbonyl (C=O) groups is 1. The molecular formula is C30H30FN7OS. The second-order valence-corrected chi connectivity index (χ2v) is 11.1. The summed E-state index contributed by atoms with van der Waals surface area (Å²) in [6, 6.07) is 15.7. The van der Waals surface area contributed by atoms with Crippen molar-refractivity contribution in [3.05, 3.63) is 99.9 Å². The van der Waals surface area contributed by atoms with Gasteiger partial charge in [-0.2, -0.15) is 4.98 Å². The predicted octanol–water partition coefficient (Wildman–Crippen LogP) is 6.00. The number of nitrogens with one attached hydrogen (secondary N) is 2. The number of aromatic nitrogens is 3. The largest absolute Gasteiger partial charge is 0.340 e. The number of thiazole rings is 1. The lowest BCUT2D eigenvalue weighted by Gasteiger charge is -2.29. The summed E-state index contributed by atoms with van der Waals surface area (Å²) >= 11 is 1.69. The second kappa shape index (κ2) is 11.5. The van der Waals surface area contributed by atoms with Crippen molar-refractivity contribution in [1.82, 2.24) is 24.8 Å². The molecule has 3 heterocycles. The van der Waals surface area contributed by atoms with Crippen molar-refractivity contribution in [3.8, 4) is 0 Å². The number of amides is 1. The number of likely N-dealkylation sites (N-methyl/N-ethyl adjacent to an activating group) is 1. The molecule has 0 radical (unpaired) electrons. The van der Waals surface area contributed by atoms with Crippen LogP contribution >= 0.6 is 11.3 Å². The molecule has 2 fully saturated rings. The number of likely N-dealkylation sites (tertiary alicyclic amines) is 1. The molecule has 40 heavy (non-hydrogen) atoms. The minimum absolute atomic E-state index is 0.0568. The smallest absolute Gasteiger partial charge is 0.254 e. The lowest BCUT2D eigenvalue weighted by atomic mass is 10.0. The summed E-state index contributed by atoms with van der Waals surface area (Å²) in [5.74, 6) is 0.760. The Morgan fingerprint density at radius 1 is 1.10 bits per heavy atom. The number of benzene rings is 2. The van der Waals surface area contributed by atoms with E-state index in [2.05, 4.69) is 37.5 Å². The number of hydrogen-bond donors (Lipinski definition) is 2. The number of nitrogens with zero attached hydrogens (tertiary/aromatic N) is 5. The topological polar surface area (TPSA) is 86.3 Å².